The van der Waals surface area contributed by atoms with Crippen LogP contribution in [-0.2, 0) is 0 Å². The van der Waals surface area contributed by atoms with Gasteiger partial charge < -0.3 is 4.74 Å². The zero-order chi connectivity index (χ0) is 13.8. The van der Waals surface area contributed by atoms with Gasteiger partial charge in [0, 0.05) is 20.9 Å². The average Bonchev–Trinajstić information content (AvgIpc) is 2.39. The van der Waals surface area contributed by atoms with Crippen LogP contribution in [0, 0.1) is 9.39 Å². The van der Waals surface area contributed by atoms with Crippen LogP contribution in [0.3, 0.4) is 0 Å². The van der Waals surface area contributed by atoms with Crippen LogP contribution in [-0.4, -0.2) is 17.4 Å². The molecule has 0 aliphatic rings. The molecule has 1 heterocycles. The number of benzene rings is 1. The predicted octanol–water partition coefficient (Wildman–Crippen LogP) is 3.46. The number of carbonyl (C=O) groups is 1. The fourth-order valence-corrected chi connectivity index (χ4v) is 2.34. The molecule has 1 aromatic heterocycles. The van der Waals surface area contributed by atoms with E-state index >= 15 is 0 Å². The second-order valence-corrected chi connectivity index (χ2v) is 4.96. The quantitative estimate of drug-likeness (QED) is 0.611. The molecular formula is C14H11FINO2. The molecule has 0 radical (unpaired) electrons. The molecule has 1 aromatic carbocycles. The second-order valence-electron chi connectivity index (χ2n) is 3.80. The molecule has 3 nitrogen and oxygen atoms in total. The number of ketones is 1. The third kappa shape index (κ3) is 3.28. The van der Waals surface area contributed by atoms with E-state index in [1.165, 1.54) is 24.4 Å². The van der Waals surface area contributed by atoms with Gasteiger partial charge in [-0.25, -0.2) is 4.39 Å². The van der Waals surface area contributed by atoms with E-state index in [2.05, 4.69) is 4.98 Å². The van der Waals surface area contributed by atoms with Gasteiger partial charge in [-0.1, -0.05) is 0 Å². The molecule has 0 unspecified atom stereocenters. The van der Waals surface area contributed by atoms with E-state index in [4.69, 9.17) is 4.74 Å². The molecule has 0 spiro atoms. The number of pyridine rings is 1. The van der Waals surface area contributed by atoms with Crippen LogP contribution in [0.25, 0.3) is 0 Å². The molecule has 0 aliphatic heterocycles. The summed E-state index contributed by atoms with van der Waals surface area (Å²) in [6, 6.07) is 5.72. The number of carbonyl (C=O) groups excluding carboxylic acids is 1. The second kappa shape index (κ2) is 6.10. The molecule has 5 heteroatoms. The van der Waals surface area contributed by atoms with Crippen LogP contribution in [0.5, 0.6) is 5.75 Å². The highest BCUT2D eigenvalue weighted by molar-refractivity contribution is 14.1. The monoisotopic (exact) mass is 371 g/mol. The zero-order valence-corrected chi connectivity index (χ0v) is 12.3. The normalized spacial score (nSPS) is 10.3. The molecule has 0 atom stereocenters. The SMILES string of the molecule is CCOc1cncc(C(=O)c2ccc(F)cc2I)c1. The van der Waals surface area contributed by atoms with E-state index in [0.717, 1.165) is 0 Å². The maximum absolute atomic E-state index is 13.0. The Labute approximate surface area is 124 Å². The minimum absolute atomic E-state index is 0.196. The van der Waals surface area contributed by atoms with Crippen LogP contribution < -0.4 is 4.74 Å². The van der Waals surface area contributed by atoms with E-state index in [-0.39, 0.29) is 11.6 Å². The number of rotatable bonds is 4. The Balaban J connectivity index is 2.35. The molecule has 2 aromatic rings. The number of halogens is 2. The van der Waals surface area contributed by atoms with Gasteiger partial charge >= 0.3 is 0 Å². The summed E-state index contributed by atoms with van der Waals surface area (Å²) in [5, 5.41) is 0. The Morgan fingerprint density at radius 3 is 2.84 bits per heavy atom. The van der Waals surface area contributed by atoms with Crippen LogP contribution in [0.15, 0.2) is 36.7 Å². The first-order valence-electron chi connectivity index (χ1n) is 5.69. The van der Waals surface area contributed by atoms with Gasteiger partial charge in [0.05, 0.1) is 12.8 Å². The van der Waals surface area contributed by atoms with Gasteiger partial charge in [0.1, 0.15) is 11.6 Å². The van der Waals surface area contributed by atoms with E-state index in [9.17, 15) is 9.18 Å². The lowest BCUT2D eigenvalue weighted by atomic mass is 10.1. The third-order valence-electron chi connectivity index (χ3n) is 2.46. The molecule has 0 saturated carbocycles. The van der Waals surface area contributed by atoms with Gasteiger partial charge in [0.25, 0.3) is 0 Å². The largest absolute Gasteiger partial charge is 0.492 e. The van der Waals surface area contributed by atoms with Crippen molar-refractivity contribution < 1.29 is 13.9 Å². The number of aromatic nitrogens is 1. The van der Waals surface area contributed by atoms with E-state index < -0.39 is 0 Å². The van der Waals surface area contributed by atoms with Crippen molar-refractivity contribution in [2.75, 3.05) is 6.61 Å². The predicted molar refractivity (Wildman–Crippen MR) is 78.0 cm³/mol. The first-order valence-corrected chi connectivity index (χ1v) is 6.77. The van der Waals surface area contributed by atoms with Gasteiger partial charge in [-0.3, -0.25) is 9.78 Å². The lowest BCUT2D eigenvalue weighted by molar-refractivity contribution is 0.103. The third-order valence-corrected chi connectivity index (χ3v) is 3.35. The highest BCUT2D eigenvalue weighted by Gasteiger charge is 2.14. The molecule has 0 saturated heterocycles. The molecule has 19 heavy (non-hydrogen) atoms. The minimum Gasteiger partial charge on any atom is -0.492 e. The van der Waals surface area contributed by atoms with Crippen molar-refractivity contribution in [3.63, 3.8) is 0 Å². The van der Waals surface area contributed by atoms with Crippen molar-refractivity contribution in [3.8, 4) is 5.75 Å². The summed E-state index contributed by atoms with van der Waals surface area (Å²) in [4.78, 5) is 16.3. The standard InChI is InChI=1S/C14H11FINO2/c1-2-19-11-5-9(7-17-8-11)14(18)12-4-3-10(15)6-13(12)16/h3-8H,2H2,1H3. The van der Waals surface area contributed by atoms with Gasteiger partial charge in [-0.15, -0.1) is 0 Å². The van der Waals surface area contributed by atoms with Gasteiger partial charge in [-0.05, 0) is 53.8 Å². The highest BCUT2D eigenvalue weighted by atomic mass is 127. The molecule has 0 aliphatic carbocycles. The van der Waals surface area contributed by atoms with Gasteiger partial charge in [-0.2, -0.15) is 0 Å². The molecule has 98 valence electrons. The van der Waals surface area contributed by atoms with Crippen LogP contribution in [0.4, 0.5) is 4.39 Å². The average molecular weight is 371 g/mol. The maximum atomic E-state index is 13.0. The summed E-state index contributed by atoms with van der Waals surface area (Å²) in [7, 11) is 0. The van der Waals surface area contributed by atoms with E-state index in [0.29, 0.717) is 27.1 Å². The maximum Gasteiger partial charge on any atom is 0.195 e. The van der Waals surface area contributed by atoms with Gasteiger partial charge in [0.15, 0.2) is 5.78 Å². The fraction of sp³-hybridized carbons (Fsp3) is 0.143. The van der Waals surface area contributed by atoms with Crippen molar-refractivity contribution in [2.24, 2.45) is 0 Å². The lowest BCUT2D eigenvalue weighted by Gasteiger charge is -2.06. The summed E-state index contributed by atoms with van der Waals surface area (Å²) in [5.41, 5.74) is 0.882. The summed E-state index contributed by atoms with van der Waals surface area (Å²) < 4.78 is 18.9. The molecule has 2 rings (SSSR count). The molecule has 0 fully saturated rings. The van der Waals surface area contributed by atoms with Crippen LogP contribution in [0.2, 0.25) is 0 Å². The van der Waals surface area contributed by atoms with Crippen molar-refractivity contribution in [1.82, 2.24) is 4.98 Å². The number of nitrogens with zero attached hydrogens (tertiary/aromatic N) is 1. The van der Waals surface area contributed by atoms with Gasteiger partial charge in [0.2, 0.25) is 0 Å². The van der Waals surface area contributed by atoms with Crippen LogP contribution >= 0.6 is 22.6 Å². The number of ether oxygens (including phenoxy) is 1. The summed E-state index contributed by atoms with van der Waals surface area (Å²) in [6.07, 6.45) is 3.03. The number of hydrogen-bond donors (Lipinski definition) is 0. The first kappa shape index (κ1) is 13.9. The van der Waals surface area contributed by atoms with Crippen molar-refractivity contribution in [2.45, 2.75) is 6.92 Å². The Morgan fingerprint density at radius 2 is 2.16 bits per heavy atom. The summed E-state index contributed by atoms with van der Waals surface area (Å²) >= 11 is 1.94. The Hall–Kier alpha value is -1.50. The Bertz CT molecular complexity index is 616. The fourth-order valence-electron chi connectivity index (χ4n) is 1.62. The summed E-state index contributed by atoms with van der Waals surface area (Å²) in [6.45, 7) is 2.37. The van der Waals surface area contributed by atoms with Crippen molar-refractivity contribution in [3.05, 3.63) is 57.2 Å². The summed E-state index contributed by atoms with van der Waals surface area (Å²) in [5.74, 6) is -0.00827. The first-order chi connectivity index (χ1) is 9.11. The molecule has 0 N–H and O–H groups in total. The van der Waals surface area contributed by atoms with E-state index in [1.807, 2.05) is 29.5 Å². The topological polar surface area (TPSA) is 39.2 Å². The zero-order valence-electron chi connectivity index (χ0n) is 10.2. The lowest BCUT2D eigenvalue weighted by Crippen LogP contribution is -2.05. The smallest absolute Gasteiger partial charge is 0.195 e. The van der Waals surface area contributed by atoms with Crippen molar-refractivity contribution >= 4 is 28.4 Å². The highest BCUT2D eigenvalue weighted by Crippen LogP contribution is 2.20. The molecule has 0 bridgehead atoms. The molecular weight excluding hydrogens is 360 g/mol. The Morgan fingerprint density at radius 1 is 1.37 bits per heavy atom. The number of hydrogen-bond acceptors (Lipinski definition) is 3. The van der Waals surface area contributed by atoms with E-state index in [1.54, 1.807) is 12.3 Å². The minimum atomic E-state index is -0.359. The van der Waals surface area contributed by atoms with Crippen LogP contribution in [0.1, 0.15) is 22.8 Å². The molecule has 0 amide bonds. The van der Waals surface area contributed by atoms with Crippen molar-refractivity contribution in [1.29, 1.82) is 0 Å². The Kier molecular flexibility index (Phi) is 4.47.